The van der Waals surface area contributed by atoms with Gasteiger partial charge in [-0.2, -0.15) is 0 Å². The maximum absolute atomic E-state index is 5.52. The van der Waals surface area contributed by atoms with Crippen molar-refractivity contribution in [3.8, 4) is 28.5 Å². The molecule has 7 aromatic carbocycles. The summed E-state index contributed by atoms with van der Waals surface area (Å²) in [5.41, 5.74) is 7.84. The molecule has 0 aliphatic rings. The summed E-state index contributed by atoms with van der Waals surface area (Å²) in [6.45, 7) is 13.7. The van der Waals surface area contributed by atoms with Crippen molar-refractivity contribution in [2.45, 2.75) is 52.4 Å². The van der Waals surface area contributed by atoms with Crippen LogP contribution in [0.5, 0.6) is 0 Å². The number of aromatic nitrogens is 3. The van der Waals surface area contributed by atoms with Crippen molar-refractivity contribution < 1.29 is 0 Å². The number of hydrogen-bond donors (Lipinski definition) is 0. The summed E-state index contributed by atoms with van der Waals surface area (Å²) >= 11 is 0. The van der Waals surface area contributed by atoms with E-state index >= 15 is 0 Å². The standard InChI is InChI=1S/C54H49N3Si/c1-53(2,3)40-30-32-49-46(35-40)47-36-41(54(4,5)6)31-33-50(47)57(49)51-37-48(38-20-11-7-12-21-38)55-52(56-51)39-22-19-29-45(34-39)58(42-23-13-8-14-24-42,43-25-15-9-16-26-43)44-27-17-10-18-28-44/h7-37H,1-6H3. The van der Waals surface area contributed by atoms with Crippen LogP contribution in [-0.2, 0) is 10.8 Å². The maximum atomic E-state index is 5.52. The van der Waals surface area contributed by atoms with Crippen molar-refractivity contribution in [2.75, 3.05) is 0 Å². The molecule has 3 nitrogen and oxygen atoms in total. The lowest BCUT2D eigenvalue weighted by molar-refractivity contribution is 0.590. The van der Waals surface area contributed by atoms with Crippen LogP contribution in [0.1, 0.15) is 52.7 Å². The van der Waals surface area contributed by atoms with Crippen LogP contribution >= 0.6 is 0 Å². The second-order valence-electron chi connectivity index (χ2n) is 17.5. The number of rotatable bonds is 7. The van der Waals surface area contributed by atoms with E-state index < -0.39 is 8.07 Å². The van der Waals surface area contributed by atoms with Crippen LogP contribution in [0.2, 0.25) is 0 Å². The third kappa shape index (κ3) is 6.57. The third-order valence-corrected chi connectivity index (χ3v) is 16.5. The van der Waals surface area contributed by atoms with E-state index in [0.29, 0.717) is 5.82 Å². The Morgan fingerprint density at radius 3 is 1.29 bits per heavy atom. The molecule has 0 bridgehead atoms. The fourth-order valence-electron chi connectivity index (χ4n) is 8.59. The highest BCUT2D eigenvalue weighted by Gasteiger charge is 2.41. The quantitative estimate of drug-likeness (QED) is 0.119. The van der Waals surface area contributed by atoms with E-state index in [2.05, 4.69) is 234 Å². The van der Waals surface area contributed by atoms with Crippen molar-refractivity contribution in [3.05, 3.63) is 199 Å². The molecule has 0 aliphatic heterocycles. The van der Waals surface area contributed by atoms with Gasteiger partial charge in [-0.15, -0.1) is 0 Å². The topological polar surface area (TPSA) is 30.7 Å². The van der Waals surface area contributed by atoms with Gasteiger partial charge in [-0.1, -0.05) is 199 Å². The zero-order valence-corrected chi connectivity index (χ0v) is 35.2. The number of fused-ring (bicyclic) bond motifs is 3. The number of benzene rings is 7. The van der Waals surface area contributed by atoms with Gasteiger partial charge in [-0.3, -0.25) is 4.57 Å². The molecule has 4 heteroatoms. The summed E-state index contributed by atoms with van der Waals surface area (Å²) in [4.78, 5) is 10.9. The van der Waals surface area contributed by atoms with Crippen LogP contribution in [0, 0.1) is 0 Å². The Hall–Kier alpha value is -6.36. The summed E-state index contributed by atoms with van der Waals surface area (Å²) < 4.78 is 2.35. The Bertz CT molecular complexity index is 2720. The summed E-state index contributed by atoms with van der Waals surface area (Å²) in [5.74, 6) is 1.54. The van der Waals surface area contributed by atoms with Gasteiger partial charge >= 0.3 is 0 Å². The highest BCUT2D eigenvalue weighted by molar-refractivity contribution is 7.19. The van der Waals surface area contributed by atoms with Crippen LogP contribution in [0.25, 0.3) is 50.3 Å². The molecule has 0 radical (unpaired) electrons. The smallest absolute Gasteiger partial charge is 0.179 e. The molecule has 9 aromatic rings. The third-order valence-electron chi connectivity index (χ3n) is 11.7. The van der Waals surface area contributed by atoms with Crippen LogP contribution in [0.3, 0.4) is 0 Å². The van der Waals surface area contributed by atoms with Gasteiger partial charge < -0.3 is 0 Å². The lowest BCUT2D eigenvalue weighted by Gasteiger charge is -2.34. The lowest BCUT2D eigenvalue weighted by Crippen LogP contribution is -2.74. The molecule has 0 spiro atoms. The predicted molar refractivity (Wildman–Crippen MR) is 248 cm³/mol. The van der Waals surface area contributed by atoms with E-state index in [9.17, 15) is 0 Å². The molecule has 284 valence electrons. The fourth-order valence-corrected chi connectivity index (χ4v) is 13.4. The summed E-state index contributed by atoms with van der Waals surface area (Å²) in [6.07, 6.45) is 0. The monoisotopic (exact) mass is 767 g/mol. The van der Waals surface area contributed by atoms with E-state index in [0.717, 1.165) is 33.7 Å². The summed E-state index contributed by atoms with van der Waals surface area (Å²) in [5, 5.41) is 7.75. The summed E-state index contributed by atoms with van der Waals surface area (Å²) in [7, 11) is -2.78. The normalized spacial score (nSPS) is 12.3. The van der Waals surface area contributed by atoms with E-state index in [-0.39, 0.29) is 10.8 Å². The van der Waals surface area contributed by atoms with Crippen LogP contribution in [-0.4, -0.2) is 22.6 Å². The Labute approximate surface area is 343 Å². The minimum absolute atomic E-state index is 0.00954. The lowest BCUT2D eigenvalue weighted by atomic mass is 9.85. The van der Waals surface area contributed by atoms with E-state index in [1.807, 2.05) is 0 Å². The van der Waals surface area contributed by atoms with Gasteiger partial charge in [0.15, 0.2) is 13.9 Å². The van der Waals surface area contributed by atoms with Gasteiger partial charge in [0.1, 0.15) is 5.82 Å². The van der Waals surface area contributed by atoms with Crippen molar-refractivity contribution in [1.82, 2.24) is 14.5 Å². The highest BCUT2D eigenvalue weighted by Crippen LogP contribution is 2.38. The molecule has 2 heterocycles. The van der Waals surface area contributed by atoms with Gasteiger partial charge in [0, 0.05) is 28.0 Å². The second kappa shape index (κ2) is 14.5. The molecule has 0 fully saturated rings. The Balaban J connectivity index is 1.32. The first-order chi connectivity index (χ1) is 28.0. The first-order valence-corrected chi connectivity index (χ1v) is 22.3. The van der Waals surface area contributed by atoms with E-state index in [4.69, 9.17) is 9.97 Å². The molecule has 2 aromatic heterocycles. The Kier molecular flexibility index (Phi) is 9.33. The van der Waals surface area contributed by atoms with Crippen molar-refractivity contribution in [1.29, 1.82) is 0 Å². The molecule has 0 saturated heterocycles. The van der Waals surface area contributed by atoms with Crippen molar-refractivity contribution in [3.63, 3.8) is 0 Å². The Morgan fingerprint density at radius 2 is 0.828 bits per heavy atom. The summed E-state index contributed by atoms with van der Waals surface area (Å²) in [6, 6.07) is 68.9. The average molecular weight is 768 g/mol. The minimum Gasteiger partial charge on any atom is -0.294 e. The minimum atomic E-state index is -2.78. The predicted octanol–water partition coefficient (Wildman–Crippen LogP) is 10.9. The van der Waals surface area contributed by atoms with Crippen LogP contribution < -0.4 is 20.7 Å². The van der Waals surface area contributed by atoms with E-state index in [1.54, 1.807) is 0 Å². The molecule has 0 unspecified atom stereocenters. The molecule has 0 amide bonds. The van der Waals surface area contributed by atoms with Crippen molar-refractivity contribution in [2.24, 2.45) is 0 Å². The molecular formula is C54H49N3Si. The zero-order chi connectivity index (χ0) is 40.1. The van der Waals surface area contributed by atoms with Gasteiger partial charge in [0.05, 0.1) is 16.7 Å². The van der Waals surface area contributed by atoms with Gasteiger partial charge in [0.25, 0.3) is 0 Å². The molecule has 58 heavy (non-hydrogen) atoms. The van der Waals surface area contributed by atoms with Gasteiger partial charge in [-0.05, 0) is 67.0 Å². The molecule has 0 aliphatic carbocycles. The molecule has 0 N–H and O–H groups in total. The molecule has 0 saturated carbocycles. The number of hydrogen-bond acceptors (Lipinski definition) is 2. The molecule has 0 atom stereocenters. The second-order valence-corrected chi connectivity index (χ2v) is 21.3. The SMILES string of the molecule is CC(C)(C)c1ccc2c(c1)c1cc(C(C)(C)C)ccc1n2-c1cc(-c2ccccc2)nc(-c2cccc([Si](c3ccccc3)(c3ccccc3)c3ccccc3)c2)n1. The zero-order valence-electron chi connectivity index (χ0n) is 34.2. The van der Waals surface area contributed by atoms with Crippen LogP contribution in [0.4, 0.5) is 0 Å². The fraction of sp³-hybridized carbons (Fsp3) is 0.148. The largest absolute Gasteiger partial charge is 0.294 e. The average Bonchev–Trinajstić information content (AvgIpc) is 3.58. The van der Waals surface area contributed by atoms with Gasteiger partial charge in [0.2, 0.25) is 0 Å². The first-order valence-electron chi connectivity index (χ1n) is 20.3. The van der Waals surface area contributed by atoms with Crippen LogP contribution in [0.15, 0.2) is 188 Å². The molecular weight excluding hydrogens is 719 g/mol. The first kappa shape index (κ1) is 37.2. The maximum Gasteiger partial charge on any atom is 0.179 e. The molecule has 9 rings (SSSR count). The van der Waals surface area contributed by atoms with E-state index in [1.165, 1.54) is 42.6 Å². The Morgan fingerprint density at radius 1 is 0.397 bits per heavy atom. The number of nitrogens with zero attached hydrogens (tertiary/aromatic N) is 3. The highest BCUT2D eigenvalue weighted by atomic mass is 28.3. The van der Waals surface area contributed by atoms with Gasteiger partial charge in [-0.25, -0.2) is 9.97 Å². The van der Waals surface area contributed by atoms with Crippen molar-refractivity contribution >= 4 is 50.6 Å².